The number of furan rings is 1. The van der Waals surface area contributed by atoms with Crippen LogP contribution in [0.25, 0.3) is 21.9 Å². The molecule has 0 aliphatic carbocycles. The summed E-state index contributed by atoms with van der Waals surface area (Å²) in [7, 11) is 1.73. The Morgan fingerprint density at radius 1 is 1.07 bits per heavy atom. The third-order valence-electron chi connectivity index (χ3n) is 4.89. The Morgan fingerprint density at radius 3 is 2.21 bits per heavy atom. The van der Waals surface area contributed by atoms with Crippen LogP contribution in [-0.2, 0) is 0 Å². The lowest BCUT2D eigenvalue weighted by molar-refractivity contribution is -0.423. The van der Waals surface area contributed by atoms with Crippen molar-refractivity contribution in [3.63, 3.8) is 0 Å². The van der Waals surface area contributed by atoms with E-state index in [9.17, 15) is 0 Å². The van der Waals surface area contributed by atoms with Crippen molar-refractivity contribution in [1.82, 2.24) is 5.43 Å². The van der Waals surface area contributed by atoms with Crippen LogP contribution >= 0.6 is 0 Å². The van der Waals surface area contributed by atoms with E-state index in [1.165, 1.54) is 0 Å². The lowest BCUT2D eigenvalue weighted by atomic mass is 10.0. The molecule has 3 rings (SSSR count). The van der Waals surface area contributed by atoms with Gasteiger partial charge in [0.1, 0.15) is 17.7 Å². The molecule has 0 spiro atoms. The van der Waals surface area contributed by atoms with E-state index in [0.29, 0.717) is 12.5 Å². The fourth-order valence-electron chi connectivity index (χ4n) is 2.92. The van der Waals surface area contributed by atoms with E-state index in [2.05, 4.69) is 32.6 Å². The molecule has 7 nitrogen and oxygen atoms in total. The topological polar surface area (TPSA) is 115 Å². The second-order valence-corrected chi connectivity index (χ2v) is 6.91. The first kappa shape index (κ1) is 20.3. The SMILES string of the molecule is CCC(=[NH2+])CN=C(C)c1ccc2oc3ccc(/C(C)=N/NC(N)=[NH+]C)cc3c2c1. The first-order valence-corrected chi connectivity index (χ1v) is 9.61. The zero-order valence-electron chi connectivity index (χ0n) is 17.3. The lowest BCUT2D eigenvalue weighted by Gasteiger charge is -2.02. The molecule has 0 atom stereocenters. The fourth-order valence-corrected chi connectivity index (χ4v) is 2.92. The Labute approximate surface area is 169 Å². The summed E-state index contributed by atoms with van der Waals surface area (Å²) in [5.74, 6) is 0.388. The van der Waals surface area contributed by atoms with Crippen molar-refractivity contribution in [2.75, 3.05) is 13.6 Å². The summed E-state index contributed by atoms with van der Waals surface area (Å²) < 4.78 is 6.00. The van der Waals surface area contributed by atoms with Gasteiger partial charge in [-0.05, 0) is 61.4 Å². The molecule has 0 unspecified atom stereocenters. The molecule has 0 bridgehead atoms. The predicted molar refractivity (Wildman–Crippen MR) is 119 cm³/mol. The minimum Gasteiger partial charge on any atom is -0.456 e. The molecular formula is C22H28N6O+2. The number of guanidine groups is 1. The summed E-state index contributed by atoms with van der Waals surface area (Å²) in [6.07, 6.45) is 0.832. The highest BCUT2D eigenvalue weighted by Gasteiger charge is 2.11. The Bertz CT molecular complexity index is 1150. The lowest BCUT2D eigenvalue weighted by Crippen LogP contribution is -2.74. The van der Waals surface area contributed by atoms with Crippen molar-refractivity contribution < 1.29 is 14.8 Å². The maximum atomic E-state index is 6.00. The van der Waals surface area contributed by atoms with Crippen LogP contribution in [0.4, 0.5) is 0 Å². The van der Waals surface area contributed by atoms with Crippen LogP contribution in [0, 0.1) is 0 Å². The van der Waals surface area contributed by atoms with E-state index in [0.717, 1.165) is 56.6 Å². The van der Waals surface area contributed by atoms with Crippen molar-refractivity contribution in [2.24, 2.45) is 15.8 Å². The van der Waals surface area contributed by atoms with Crippen LogP contribution in [0.5, 0.6) is 0 Å². The van der Waals surface area contributed by atoms with Crippen molar-refractivity contribution in [2.45, 2.75) is 27.2 Å². The quantitative estimate of drug-likeness (QED) is 0.275. The first-order valence-electron chi connectivity index (χ1n) is 9.61. The standard InChI is InChI=1S/C22H26N6O/c1-5-17(23)12-26-13(2)15-6-8-20-18(10-15)19-11-16(7-9-21(19)29-20)14(3)27-28-22(24)25-4/h6-11,23H,5,12H2,1-4H3,(H3,24,25,28)/p+2/b23-17?,26-13?,27-14+. The fraction of sp³-hybridized carbons (Fsp3) is 0.273. The zero-order chi connectivity index (χ0) is 21.0. The highest BCUT2D eigenvalue weighted by Crippen LogP contribution is 2.30. The molecule has 0 aliphatic rings. The van der Waals surface area contributed by atoms with Gasteiger partial charge < -0.3 is 4.42 Å². The Kier molecular flexibility index (Phi) is 6.07. The highest BCUT2D eigenvalue weighted by atomic mass is 16.3. The second kappa shape index (κ2) is 8.68. The third-order valence-corrected chi connectivity index (χ3v) is 4.89. The summed E-state index contributed by atoms with van der Waals surface area (Å²) in [6, 6.07) is 12.2. The molecule has 0 radical (unpaired) electrons. The maximum Gasteiger partial charge on any atom is 0.364 e. The van der Waals surface area contributed by atoms with Gasteiger partial charge in [0.15, 0.2) is 5.71 Å². The summed E-state index contributed by atoms with van der Waals surface area (Å²) >= 11 is 0. The smallest absolute Gasteiger partial charge is 0.364 e. The van der Waals surface area contributed by atoms with Crippen LogP contribution in [0.1, 0.15) is 38.3 Å². The number of nitrogens with zero attached hydrogens (tertiary/aromatic N) is 2. The van der Waals surface area contributed by atoms with Crippen molar-refractivity contribution in [3.05, 3.63) is 47.5 Å². The number of aliphatic imine (C=N–C) groups is 1. The summed E-state index contributed by atoms with van der Waals surface area (Å²) in [6.45, 7) is 6.51. The molecule has 150 valence electrons. The third kappa shape index (κ3) is 4.51. The molecule has 6 N–H and O–H groups in total. The average Bonchev–Trinajstić information content (AvgIpc) is 3.12. The van der Waals surface area contributed by atoms with E-state index in [1.807, 2.05) is 45.0 Å². The van der Waals surface area contributed by atoms with Crippen LogP contribution in [0.3, 0.4) is 0 Å². The summed E-state index contributed by atoms with van der Waals surface area (Å²) in [5.41, 5.74) is 14.8. The van der Waals surface area contributed by atoms with E-state index >= 15 is 0 Å². The largest absolute Gasteiger partial charge is 0.456 e. The van der Waals surface area contributed by atoms with E-state index in [-0.39, 0.29) is 0 Å². The summed E-state index contributed by atoms with van der Waals surface area (Å²) in [4.78, 5) is 7.41. The van der Waals surface area contributed by atoms with Gasteiger partial charge in [-0.1, -0.05) is 6.92 Å². The van der Waals surface area contributed by atoms with E-state index in [4.69, 9.17) is 15.6 Å². The minimum atomic E-state index is 0.388. The van der Waals surface area contributed by atoms with Gasteiger partial charge in [-0.3, -0.25) is 21.1 Å². The molecule has 0 amide bonds. The van der Waals surface area contributed by atoms with Gasteiger partial charge in [0, 0.05) is 22.9 Å². The van der Waals surface area contributed by atoms with Gasteiger partial charge in [0.05, 0.1) is 12.8 Å². The Hall–Kier alpha value is -3.48. The first-order chi connectivity index (χ1) is 13.9. The molecule has 0 saturated heterocycles. The van der Waals surface area contributed by atoms with Crippen molar-refractivity contribution >= 4 is 45.0 Å². The molecule has 0 aliphatic heterocycles. The molecular weight excluding hydrogens is 364 g/mol. The van der Waals surface area contributed by atoms with Crippen LogP contribution in [0.2, 0.25) is 0 Å². The Balaban J connectivity index is 2.01. The van der Waals surface area contributed by atoms with Gasteiger partial charge in [-0.25, -0.2) is 0 Å². The van der Waals surface area contributed by atoms with Crippen molar-refractivity contribution in [3.8, 4) is 0 Å². The number of hydrogen-bond acceptors (Lipinski definition) is 3. The molecule has 0 fully saturated rings. The number of nitrogens with two attached hydrogens (primary N) is 2. The molecule has 29 heavy (non-hydrogen) atoms. The van der Waals surface area contributed by atoms with E-state index in [1.54, 1.807) is 7.05 Å². The van der Waals surface area contributed by atoms with Crippen LogP contribution in [-0.4, -0.2) is 36.7 Å². The molecule has 2 aromatic carbocycles. The van der Waals surface area contributed by atoms with Gasteiger partial charge in [0.25, 0.3) is 0 Å². The number of benzene rings is 2. The predicted octanol–water partition coefficient (Wildman–Crippen LogP) is 0.344. The van der Waals surface area contributed by atoms with Gasteiger partial charge in [0.2, 0.25) is 0 Å². The molecule has 3 aromatic rings. The molecule has 1 heterocycles. The van der Waals surface area contributed by atoms with Crippen LogP contribution < -0.4 is 21.6 Å². The van der Waals surface area contributed by atoms with Gasteiger partial charge in [-0.2, -0.15) is 5.43 Å². The number of hydrazone groups is 1. The molecule has 7 heteroatoms. The average molecular weight is 393 g/mol. The Morgan fingerprint density at radius 2 is 1.66 bits per heavy atom. The summed E-state index contributed by atoms with van der Waals surface area (Å²) in [5, 5.41) is 12.3. The zero-order valence-corrected chi connectivity index (χ0v) is 17.3. The van der Waals surface area contributed by atoms with Gasteiger partial charge >= 0.3 is 5.96 Å². The van der Waals surface area contributed by atoms with Crippen molar-refractivity contribution in [1.29, 1.82) is 0 Å². The number of nitrogens with one attached hydrogen (secondary N) is 2. The number of hydrogen-bond donors (Lipinski definition) is 4. The van der Waals surface area contributed by atoms with Gasteiger partial charge in [-0.15, -0.1) is 5.10 Å². The molecule has 0 saturated carbocycles. The number of fused-ring (bicyclic) bond motifs is 3. The maximum absolute atomic E-state index is 6.00. The highest BCUT2D eigenvalue weighted by molar-refractivity contribution is 6.11. The normalized spacial score (nSPS) is 13.3. The number of rotatable bonds is 6. The second-order valence-electron chi connectivity index (χ2n) is 6.91. The van der Waals surface area contributed by atoms with Crippen LogP contribution in [0.15, 0.2) is 50.9 Å². The van der Waals surface area contributed by atoms with E-state index < -0.39 is 0 Å². The minimum absolute atomic E-state index is 0.388. The monoisotopic (exact) mass is 392 g/mol. The molecule has 1 aromatic heterocycles.